The molecule has 0 amide bonds. The van der Waals surface area contributed by atoms with Gasteiger partial charge in [0.15, 0.2) is 11.6 Å². The molecule has 2 aliphatic rings. The summed E-state index contributed by atoms with van der Waals surface area (Å²) in [7, 11) is 2.92. The van der Waals surface area contributed by atoms with E-state index in [1.165, 1.54) is 7.11 Å². The highest BCUT2D eigenvalue weighted by atomic mass is 19.1. The number of hydrogen-bond acceptors (Lipinski definition) is 7. The molecule has 4 rings (SSSR count). The van der Waals surface area contributed by atoms with Crippen LogP contribution in [0.4, 0.5) is 14.6 Å². The lowest BCUT2D eigenvalue weighted by Crippen LogP contribution is -2.34. The Kier molecular flexibility index (Phi) is 9.96. The molecule has 1 saturated heterocycles. The predicted molar refractivity (Wildman–Crippen MR) is 144 cm³/mol. The lowest BCUT2D eigenvalue weighted by atomic mass is 9.98. The number of carbonyl (C=O) groups is 1. The first-order valence-corrected chi connectivity index (χ1v) is 13.8. The molecule has 0 unspecified atom stereocenters. The number of aryl methyl sites for hydroxylation is 2. The van der Waals surface area contributed by atoms with Crippen molar-refractivity contribution in [2.45, 2.75) is 70.4 Å². The molecule has 0 radical (unpaired) electrons. The average molecular weight is 548 g/mol. The predicted octanol–water partition coefficient (Wildman–Crippen LogP) is 4.93. The zero-order valence-electron chi connectivity index (χ0n) is 23.0. The Morgan fingerprint density at radius 1 is 1.23 bits per heavy atom. The summed E-state index contributed by atoms with van der Waals surface area (Å²) in [5.74, 6) is -1.26. The van der Waals surface area contributed by atoms with Gasteiger partial charge in [0.05, 0.1) is 25.9 Å². The highest BCUT2D eigenvalue weighted by molar-refractivity contribution is 5.77. The second kappa shape index (κ2) is 13.4. The number of unbranched alkanes of at least 4 members (excludes halogenated alkanes) is 2. The second-order valence-corrected chi connectivity index (χ2v) is 10.1. The van der Waals surface area contributed by atoms with E-state index in [-0.39, 0.29) is 29.4 Å². The van der Waals surface area contributed by atoms with Gasteiger partial charge in [-0.3, -0.25) is 9.69 Å². The number of rotatable bonds is 13. The molecule has 1 aromatic heterocycles. The maximum atomic E-state index is 15.2. The fraction of sp³-hybridized carbons (Fsp3) is 0.586. The molecule has 1 aromatic carbocycles. The monoisotopic (exact) mass is 547 g/mol. The van der Waals surface area contributed by atoms with Crippen molar-refractivity contribution in [2.24, 2.45) is 0 Å². The normalized spacial score (nSPS) is 17.9. The van der Waals surface area contributed by atoms with Crippen LogP contribution in [-0.4, -0.2) is 67.5 Å². The van der Waals surface area contributed by atoms with E-state index in [0.29, 0.717) is 26.1 Å². The van der Waals surface area contributed by atoms with Crippen LogP contribution in [0.3, 0.4) is 0 Å². The lowest BCUT2D eigenvalue weighted by molar-refractivity contribution is -0.143. The van der Waals surface area contributed by atoms with E-state index in [1.807, 2.05) is 6.07 Å². The quantitative estimate of drug-likeness (QED) is 0.341. The number of carboxylic acid groups (broad SMARTS) is 1. The Balaban J connectivity index is 1.28. The summed E-state index contributed by atoms with van der Waals surface area (Å²) in [6.45, 7) is 3.91. The third kappa shape index (κ3) is 6.61. The number of benzene rings is 1. The van der Waals surface area contributed by atoms with Crippen molar-refractivity contribution < 1.29 is 32.9 Å². The number of methoxy groups -OCH3 is 2. The maximum absolute atomic E-state index is 15.2. The number of halogens is 2. The Morgan fingerprint density at radius 3 is 2.77 bits per heavy atom. The van der Waals surface area contributed by atoms with Crippen LogP contribution in [-0.2, 0) is 28.8 Å². The fourth-order valence-electron chi connectivity index (χ4n) is 5.58. The highest BCUT2D eigenvalue weighted by Crippen LogP contribution is 2.38. The van der Waals surface area contributed by atoms with Gasteiger partial charge in [-0.05, 0) is 56.6 Å². The number of hydrogen-bond donors (Lipinski definition) is 2. The average Bonchev–Trinajstić information content (AvgIpc) is 3.40. The van der Waals surface area contributed by atoms with Gasteiger partial charge in [0, 0.05) is 43.6 Å². The van der Waals surface area contributed by atoms with Crippen LogP contribution in [0.15, 0.2) is 12.1 Å². The molecular formula is C29H39F2N3O5. The summed E-state index contributed by atoms with van der Waals surface area (Å²) < 4.78 is 46.6. The first kappa shape index (κ1) is 29.0. The van der Waals surface area contributed by atoms with Crippen molar-refractivity contribution in [3.05, 3.63) is 46.2 Å². The molecule has 0 aliphatic carbocycles. The third-order valence-corrected chi connectivity index (χ3v) is 7.60. The molecule has 0 saturated carbocycles. The minimum Gasteiger partial charge on any atom is -0.496 e. The van der Waals surface area contributed by atoms with Gasteiger partial charge in [-0.25, -0.2) is 13.8 Å². The number of ether oxygens (including phenoxy) is 3. The first-order chi connectivity index (χ1) is 18.9. The van der Waals surface area contributed by atoms with Crippen molar-refractivity contribution in [1.29, 1.82) is 0 Å². The minimum atomic E-state index is -1.36. The summed E-state index contributed by atoms with van der Waals surface area (Å²) >= 11 is 0. The van der Waals surface area contributed by atoms with Gasteiger partial charge < -0.3 is 24.6 Å². The smallest absolute Gasteiger partial charge is 0.325 e. The van der Waals surface area contributed by atoms with Gasteiger partial charge in [-0.15, -0.1) is 0 Å². The molecule has 214 valence electrons. The number of carboxylic acids is 1. The van der Waals surface area contributed by atoms with Crippen LogP contribution in [0.5, 0.6) is 11.5 Å². The Hall–Kier alpha value is -2.98. The van der Waals surface area contributed by atoms with Gasteiger partial charge in [-0.1, -0.05) is 13.3 Å². The molecule has 0 bridgehead atoms. The molecule has 3 heterocycles. The zero-order valence-corrected chi connectivity index (χ0v) is 23.0. The molecule has 0 spiro atoms. The van der Waals surface area contributed by atoms with E-state index < -0.39 is 23.6 Å². The summed E-state index contributed by atoms with van der Waals surface area (Å²) in [6, 6.07) is 1.75. The SMILES string of the molecule is CCc1cc(F)c(OC)c([C@@H](C(=O)O)N2CC[C@@H](OCCCCCc3cc(OC)c4c(n3)NCCC4)C2)c1F. The molecule has 2 aromatic rings. The maximum Gasteiger partial charge on any atom is 0.325 e. The number of pyridine rings is 1. The number of likely N-dealkylation sites (tertiary alicyclic amines) is 1. The largest absolute Gasteiger partial charge is 0.496 e. The molecule has 8 nitrogen and oxygen atoms in total. The van der Waals surface area contributed by atoms with E-state index in [0.717, 1.165) is 74.0 Å². The molecule has 2 atom stereocenters. The minimum absolute atomic E-state index is 0.127. The molecule has 2 N–H and O–H groups in total. The van der Waals surface area contributed by atoms with Crippen molar-refractivity contribution in [3.63, 3.8) is 0 Å². The number of aromatic nitrogens is 1. The van der Waals surface area contributed by atoms with Crippen molar-refractivity contribution >= 4 is 11.8 Å². The summed E-state index contributed by atoms with van der Waals surface area (Å²) in [5, 5.41) is 13.4. The summed E-state index contributed by atoms with van der Waals surface area (Å²) in [6.07, 6.45) is 6.40. The van der Waals surface area contributed by atoms with Crippen molar-refractivity contribution in [3.8, 4) is 11.5 Å². The van der Waals surface area contributed by atoms with Crippen molar-refractivity contribution in [1.82, 2.24) is 9.88 Å². The molecule has 2 aliphatic heterocycles. The lowest BCUT2D eigenvalue weighted by Gasteiger charge is -2.27. The standard InChI is InChI=1S/C29H39F2N3O5/c1-4-18-15-22(30)27(38-3)24(25(18)31)26(29(35)36)34-13-11-20(17-34)39-14-7-5-6-9-19-16-23(37-2)21-10-8-12-32-28(21)33-19/h15-16,20,26H,4-14,17H2,1-3H3,(H,32,33)(H,35,36)/t20-,26+/m1/s1. The zero-order chi connectivity index (χ0) is 27.9. The summed E-state index contributed by atoms with van der Waals surface area (Å²) in [4.78, 5) is 18.7. The van der Waals surface area contributed by atoms with E-state index in [4.69, 9.17) is 19.2 Å². The van der Waals surface area contributed by atoms with Crippen LogP contribution >= 0.6 is 0 Å². The fourth-order valence-corrected chi connectivity index (χ4v) is 5.58. The van der Waals surface area contributed by atoms with Crippen molar-refractivity contribution in [2.75, 3.05) is 45.8 Å². The van der Waals surface area contributed by atoms with E-state index >= 15 is 4.39 Å². The van der Waals surface area contributed by atoms with Gasteiger partial charge >= 0.3 is 5.97 Å². The van der Waals surface area contributed by atoms with Gasteiger partial charge in [0.25, 0.3) is 0 Å². The van der Waals surface area contributed by atoms with Crippen LogP contribution in [0, 0.1) is 11.6 Å². The first-order valence-electron chi connectivity index (χ1n) is 13.8. The van der Waals surface area contributed by atoms with Crippen LogP contribution in [0.25, 0.3) is 0 Å². The molecule has 10 heteroatoms. The number of nitrogens with zero attached hydrogens (tertiary/aromatic N) is 2. The van der Waals surface area contributed by atoms with Crippen LogP contribution < -0.4 is 14.8 Å². The van der Waals surface area contributed by atoms with Crippen LogP contribution in [0.2, 0.25) is 0 Å². The Morgan fingerprint density at radius 2 is 2.05 bits per heavy atom. The number of fused-ring (bicyclic) bond motifs is 1. The second-order valence-electron chi connectivity index (χ2n) is 10.1. The highest BCUT2D eigenvalue weighted by Gasteiger charge is 2.39. The van der Waals surface area contributed by atoms with Gasteiger partial charge in [-0.2, -0.15) is 0 Å². The topological polar surface area (TPSA) is 93.2 Å². The Labute approximate surface area is 228 Å². The van der Waals surface area contributed by atoms with E-state index in [1.54, 1.807) is 18.9 Å². The van der Waals surface area contributed by atoms with Crippen LogP contribution in [0.1, 0.15) is 67.5 Å². The number of nitrogens with one attached hydrogen (secondary N) is 1. The van der Waals surface area contributed by atoms with Gasteiger partial charge in [0.2, 0.25) is 0 Å². The molecular weight excluding hydrogens is 508 g/mol. The Bertz CT molecular complexity index is 1150. The van der Waals surface area contributed by atoms with Gasteiger partial charge in [0.1, 0.15) is 23.4 Å². The summed E-state index contributed by atoms with van der Waals surface area (Å²) in [5.41, 5.74) is 2.03. The third-order valence-electron chi connectivity index (χ3n) is 7.60. The van der Waals surface area contributed by atoms with E-state index in [2.05, 4.69) is 5.32 Å². The van der Waals surface area contributed by atoms with E-state index in [9.17, 15) is 14.3 Å². The molecule has 1 fully saturated rings. The number of anilines is 1. The number of aliphatic carboxylic acids is 1. The molecule has 39 heavy (non-hydrogen) atoms.